The van der Waals surface area contributed by atoms with Crippen molar-refractivity contribution in [3.63, 3.8) is 0 Å². The van der Waals surface area contributed by atoms with Crippen molar-refractivity contribution < 1.29 is 22.7 Å². The summed E-state index contributed by atoms with van der Waals surface area (Å²) in [4.78, 5) is 28.7. The second kappa shape index (κ2) is 9.55. The van der Waals surface area contributed by atoms with E-state index in [1.54, 1.807) is 4.90 Å². The molecule has 3 rings (SSSR count). The van der Waals surface area contributed by atoms with Gasteiger partial charge in [-0.25, -0.2) is 13.2 Å². The third-order valence-electron chi connectivity index (χ3n) is 5.55. The molecule has 8 nitrogen and oxygen atoms in total. The van der Waals surface area contributed by atoms with Gasteiger partial charge in [-0.05, 0) is 38.4 Å². The number of likely N-dealkylation sites (tertiary alicyclic amines) is 1. The monoisotopic (exact) mass is 443 g/mol. The Morgan fingerprint density at radius 2 is 1.90 bits per heavy atom. The molecule has 2 fully saturated rings. The van der Waals surface area contributed by atoms with Crippen molar-refractivity contribution in [2.75, 3.05) is 46.4 Å². The largest absolute Gasteiger partial charge is 0.465 e. The third-order valence-corrected chi connectivity index (χ3v) is 8.86. The number of amides is 1. The number of carbonyl (C=O) groups is 2. The van der Waals surface area contributed by atoms with E-state index < -0.39 is 16.0 Å². The number of hydrogen-bond donors (Lipinski definition) is 0. The average molecular weight is 444 g/mol. The van der Waals surface area contributed by atoms with Gasteiger partial charge in [0.25, 0.3) is 10.0 Å². The lowest BCUT2D eigenvalue weighted by Crippen LogP contribution is -2.56. The highest BCUT2D eigenvalue weighted by molar-refractivity contribution is 7.91. The van der Waals surface area contributed by atoms with E-state index in [0.717, 1.165) is 50.1 Å². The van der Waals surface area contributed by atoms with Gasteiger partial charge in [0, 0.05) is 31.6 Å². The van der Waals surface area contributed by atoms with Crippen molar-refractivity contribution in [1.29, 1.82) is 0 Å². The number of hydrogen-bond acceptors (Lipinski definition) is 7. The number of ether oxygens (including phenoxy) is 1. The lowest BCUT2D eigenvalue weighted by Gasteiger charge is -2.40. The summed E-state index contributed by atoms with van der Waals surface area (Å²) >= 11 is 1.01. The van der Waals surface area contributed by atoms with E-state index in [1.165, 1.54) is 22.9 Å². The van der Waals surface area contributed by atoms with Crippen LogP contribution >= 0.6 is 11.3 Å². The van der Waals surface area contributed by atoms with Gasteiger partial charge in [0.1, 0.15) is 4.21 Å². The van der Waals surface area contributed by atoms with E-state index in [4.69, 9.17) is 0 Å². The van der Waals surface area contributed by atoms with Crippen molar-refractivity contribution in [2.24, 2.45) is 0 Å². The predicted molar refractivity (Wildman–Crippen MR) is 111 cm³/mol. The second-order valence-corrected chi connectivity index (χ2v) is 10.5. The Bertz CT molecular complexity index is 829. The second-order valence-electron chi connectivity index (χ2n) is 7.42. The Hall–Kier alpha value is -1.49. The van der Waals surface area contributed by atoms with Crippen molar-refractivity contribution >= 4 is 33.2 Å². The van der Waals surface area contributed by atoms with Crippen molar-refractivity contribution in [3.05, 3.63) is 17.0 Å². The SMILES string of the molecule is CCCN1CCCCC1C(=O)N1CCN(S(=O)(=O)c2cc(C(=O)OC)cs2)CC1. The summed E-state index contributed by atoms with van der Waals surface area (Å²) in [6, 6.07) is 1.28. The van der Waals surface area contributed by atoms with Gasteiger partial charge in [-0.2, -0.15) is 4.31 Å². The van der Waals surface area contributed by atoms with Crippen LogP contribution in [0.25, 0.3) is 0 Å². The highest BCUT2D eigenvalue weighted by atomic mass is 32.2. The van der Waals surface area contributed by atoms with Gasteiger partial charge in [-0.15, -0.1) is 11.3 Å². The Kier molecular flexibility index (Phi) is 7.31. The molecule has 0 aliphatic carbocycles. The van der Waals surface area contributed by atoms with Crippen LogP contribution in [-0.2, 0) is 19.6 Å². The molecule has 1 amide bonds. The lowest BCUT2D eigenvalue weighted by molar-refractivity contribution is -0.139. The smallest absolute Gasteiger partial charge is 0.338 e. The number of thiophene rings is 1. The fourth-order valence-electron chi connectivity index (χ4n) is 3.99. The van der Waals surface area contributed by atoms with E-state index in [-0.39, 0.29) is 34.8 Å². The van der Waals surface area contributed by atoms with Crippen LogP contribution in [0.15, 0.2) is 15.7 Å². The molecule has 162 valence electrons. The predicted octanol–water partition coefficient (Wildman–Crippen LogP) is 1.63. The summed E-state index contributed by atoms with van der Waals surface area (Å²) in [6.07, 6.45) is 4.09. The molecule has 0 saturated carbocycles. The Balaban J connectivity index is 1.62. The summed E-state index contributed by atoms with van der Waals surface area (Å²) in [5.41, 5.74) is 0.234. The summed E-state index contributed by atoms with van der Waals surface area (Å²) in [6.45, 7) is 5.31. The molecule has 0 bridgehead atoms. The first kappa shape index (κ1) is 22.2. The fourth-order valence-corrected chi connectivity index (χ4v) is 6.71. The Morgan fingerprint density at radius 1 is 1.17 bits per heavy atom. The third kappa shape index (κ3) is 4.82. The van der Waals surface area contributed by atoms with Gasteiger partial charge in [0.05, 0.1) is 18.7 Å². The molecule has 1 atom stereocenters. The maximum Gasteiger partial charge on any atom is 0.338 e. The lowest BCUT2D eigenvalue weighted by atomic mass is 10.0. The minimum absolute atomic E-state index is 0.0771. The van der Waals surface area contributed by atoms with Crippen LogP contribution in [0.3, 0.4) is 0 Å². The van der Waals surface area contributed by atoms with Crippen molar-refractivity contribution in [2.45, 2.75) is 42.9 Å². The molecular formula is C19H29N3O5S2. The molecule has 2 aliphatic rings. The summed E-state index contributed by atoms with van der Waals surface area (Å²) < 4.78 is 32.0. The van der Waals surface area contributed by atoms with E-state index in [9.17, 15) is 18.0 Å². The Labute approximate surface area is 176 Å². The number of esters is 1. The van der Waals surface area contributed by atoms with Crippen LogP contribution in [0.2, 0.25) is 0 Å². The van der Waals surface area contributed by atoms with Gasteiger partial charge in [0.15, 0.2) is 0 Å². The Morgan fingerprint density at radius 3 is 2.55 bits per heavy atom. The number of sulfonamides is 1. The van der Waals surface area contributed by atoms with Crippen LogP contribution in [0.4, 0.5) is 0 Å². The van der Waals surface area contributed by atoms with Gasteiger partial charge in [-0.3, -0.25) is 9.69 Å². The molecule has 1 unspecified atom stereocenters. The first-order valence-corrected chi connectivity index (χ1v) is 12.4. The van der Waals surface area contributed by atoms with E-state index >= 15 is 0 Å². The van der Waals surface area contributed by atoms with Gasteiger partial charge in [0.2, 0.25) is 5.91 Å². The van der Waals surface area contributed by atoms with Crippen LogP contribution in [0.5, 0.6) is 0 Å². The van der Waals surface area contributed by atoms with Crippen molar-refractivity contribution in [3.8, 4) is 0 Å². The van der Waals surface area contributed by atoms with Crippen LogP contribution in [0.1, 0.15) is 43.0 Å². The summed E-state index contributed by atoms with van der Waals surface area (Å²) in [7, 11) is -2.42. The topological polar surface area (TPSA) is 87.2 Å². The molecule has 1 aromatic rings. The van der Waals surface area contributed by atoms with E-state index in [1.807, 2.05) is 0 Å². The molecule has 0 radical (unpaired) electrons. The number of piperazine rings is 1. The number of rotatable bonds is 6. The number of nitrogens with zero attached hydrogens (tertiary/aromatic N) is 3. The van der Waals surface area contributed by atoms with Crippen molar-refractivity contribution in [1.82, 2.24) is 14.1 Å². The molecule has 1 aromatic heterocycles. The molecule has 2 saturated heterocycles. The number of piperidine rings is 1. The van der Waals surface area contributed by atoms with Gasteiger partial charge in [-0.1, -0.05) is 13.3 Å². The molecule has 10 heteroatoms. The van der Waals surface area contributed by atoms with Crippen LogP contribution in [0, 0.1) is 0 Å². The summed E-state index contributed by atoms with van der Waals surface area (Å²) in [5, 5.41) is 1.49. The quantitative estimate of drug-likeness (QED) is 0.621. The molecule has 0 aromatic carbocycles. The molecular weight excluding hydrogens is 414 g/mol. The maximum absolute atomic E-state index is 13.0. The van der Waals surface area contributed by atoms with Gasteiger partial charge < -0.3 is 9.64 Å². The average Bonchev–Trinajstić information content (AvgIpc) is 3.25. The molecule has 29 heavy (non-hydrogen) atoms. The number of carbonyl (C=O) groups excluding carboxylic acids is 2. The van der Waals surface area contributed by atoms with Gasteiger partial charge >= 0.3 is 5.97 Å². The van der Waals surface area contributed by atoms with Crippen LogP contribution < -0.4 is 0 Å². The standard InChI is InChI=1S/C19H29N3O5S2/c1-3-7-20-8-5-4-6-16(20)18(23)21-9-11-22(12-10-21)29(25,26)17-13-15(14-28-17)19(24)27-2/h13-14,16H,3-12H2,1-2H3. The minimum atomic E-state index is -3.68. The van der Waals surface area contributed by atoms with E-state index in [0.29, 0.717) is 13.1 Å². The maximum atomic E-state index is 13.0. The number of methoxy groups -OCH3 is 1. The molecule has 0 N–H and O–H groups in total. The first-order valence-electron chi connectivity index (χ1n) is 10.1. The highest BCUT2D eigenvalue weighted by Crippen LogP contribution is 2.26. The van der Waals surface area contributed by atoms with E-state index in [2.05, 4.69) is 16.6 Å². The highest BCUT2D eigenvalue weighted by Gasteiger charge is 2.36. The molecule has 0 spiro atoms. The van der Waals surface area contributed by atoms with Crippen LogP contribution in [-0.4, -0.2) is 86.8 Å². The zero-order valence-corrected chi connectivity index (χ0v) is 18.6. The minimum Gasteiger partial charge on any atom is -0.465 e. The molecule has 3 heterocycles. The zero-order valence-electron chi connectivity index (χ0n) is 17.0. The first-order chi connectivity index (χ1) is 13.9. The zero-order chi connectivity index (χ0) is 21.0. The summed E-state index contributed by atoms with van der Waals surface area (Å²) in [5.74, 6) is -0.429. The molecule has 2 aliphatic heterocycles. The fraction of sp³-hybridized carbons (Fsp3) is 0.684. The normalized spacial score (nSPS) is 21.9.